The average molecular weight is 387 g/mol. The summed E-state index contributed by atoms with van der Waals surface area (Å²) in [6, 6.07) is 28.2. The summed E-state index contributed by atoms with van der Waals surface area (Å²) in [5.74, 6) is -0.382. The van der Waals surface area contributed by atoms with Gasteiger partial charge in [-0.15, -0.1) is 0 Å². The molecule has 29 heavy (non-hydrogen) atoms. The van der Waals surface area contributed by atoms with Crippen LogP contribution < -0.4 is 16.0 Å². The molecule has 3 amide bonds. The molecule has 1 atom stereocenters. The summed E-state index contributed by atoms with van der Waals surface area (Å²) in [4.78, 5) is 24.6. The predicted molar refractivity (Wildman–Crippen MR) is 114 cm³/mol. The van der Waals surface area contributed by atoms with Crippen molar-refractivity contribution >= 4 is 11.9 Å². The van der Waals surface area contributed by atoms with Gasteiger partial charge in [-0.25, -0.2) is 4.79 Å². The van der Waals surface area contributed by atoms with Crippen LogP contribution in [0, 0.1) is 0 Å². The molecule has 0 radical (unpaired) electrons. The lowest BCUT2D eigenvalue weighted by Crippen LogP contribution is -2.48. The van der Waals surface area contributed by atoms with Gasteiger partial charge in [-0.2, -0.15) is 0 Å². The zero-order valence-electron chi connectivity index (χ0n) is 16.3. The standard InChI is InChI=1S/C24H25N3O2/c1-18(23(28)27-24(29)25-17-19-11-5-2-6-12-19)26-22(20-13-7-3-8-14-20)21-15-9-4-10-16-21/h2-16,18,22,26H,17H2,1H3,(H2,25,27,28,29)/t18-/m0/s1. The second kappa shape index (κ2) is 10.2. The maximum absolute atomic E-state index is 12.5. The van der Waals surface area contributed by atoms with Crippen LogP contribution in [0.25, 0.3) is 0 Å². The third-order valence-electron chi connectivity index (χ3n) is 4.61. The number of urea groups is 1. The Morgan fingerprint density at radius 2 is 1.24 bits per heavy atom. The average Bonchev–Trinajstić information content (AvgIpc) is 2.77. The number of hydrogen-bond donors (Lipinski definition) is 3. The van der Waals surface area contributed by atoms with E-state index in [0.29, 0.717) is 6.54 Å². The zero-order chi connectivity index (χ0) is 20.5. The normalized spacial score (nSPS) is 11.7. The van der Waals surface area contributed by atoms with Crippen molar-refractivity contribution in [1.29, 1.82) is 0 Å². The first-order chi connectivity index (χ1) is 14.1. The van der Waals surface area contributed by atoms with E-state index in [4.69, 9.17) is 0 Å². The van der Waals surface area contributed by atoms with Crippen LogP contribution in [0.1, 0.15) is 29.7 Å². The zero-order valence-corrected chi connectivity index (χ0v) is 16.3. The molecular weight excluding hydrogens is 362 g/mol. The molecule has 5 heteroatoms. The molecule has 0 saturated heterocycles. The van der Waals surface area contributed by atoms with Gasteiger partial charge in [-0.1, -0.05) is 91.0 Å². The van der Waals surface area contributed by atoms with Crippen LogP contribution in [-0.2, 0) is 11.3 Å². The fourth-order valence-corrected chi connectivity index (χ4v) is 3.04. The minimum absolute atomic E-state index is 0.162. The summed E-state index contributed by atoms with van der Waals surface area (Å²) >= 11 is 0. The Hall–Kier alpha value is -3.44. The van der Waals surface area contributed by atoms with Gasteiger partial charge in [0.25, 0.3) is 0 Å². The molecule has 0 unspecified atom stereocenters. The summed E-state index contributed by atoms with van der Waals surface area (Å²) in [6.07, 6.45) is 0. The highest BCUT2D eigenvalue weighted by Crippen LogP contribution is 2.22. The van der Waals surface area contributed by atoms with Crippen molar-refractivity contribution in [2.75, 3.05) is 0 Å². The van der Waals surface area contributed by atoms with Gasteiger partial charge in [0.1, 0.15) is 0 Å². The Morgan fingerprint density at radius 1 is 0.759 bits per heavy atom. The number of hydrogen-bond acceptors (Lipinski definition) is 3. The Bertz CT molecular complexity index is 875. The van der Waals surface area contributed by atoms with Crippen LogP contribution in [-0.4, -0.2) is 18.0 Å². The largest absolute Gasteiger partial charge is 0.334 e. The van der Waals surface area contributed by atoms with Crippen molar-refractivity contribution < 1.29 is 9.59 Å². The molecule has 0 bridgehead atoms. The molecule has 0 heterocycles. The molecule has 3 aromatic rings. The Balaban J connectivity index is 1.61. The smallest absolute Gasteiger partial charge is 0.321 e. The molecule has 0 spiro atoms. The van der Waals surface area contributed by atoms with E-state index >= 15 is 0 Å². The van der Waals surface area contributed by atoms with E-state index in [1.807, 2.05) is 91.0 Å². The molecule has 3 rings (SSSR count). The van der Waals surface area contributed by atoms with Gasteiger partial charge in [0.15, 0.2) is 0 Å². The third kappa shape index (κ3) is 6.02. The van der Waals surface area contributed by atoms with Gasteiger partial charge in [-0.05, 0) is 23.6 Å². The first kappa shape index (κ1) is 20.3. The van der Waals surface area contributed by atoms with Gasteiger partial charge in [0, 0.05) is 6.54 Å². The van der Waals surface area contributed by atoms with Gasteiger partial charge < -0.3 is 5.32 Å². The Labute approximate surface area is 171 Å². The van der Waals surface area contributed by atoms with Crippen molar-refractivity contribution in [3.63, 3.8) is 0 Å². The third-order valence-corrected chi connectivity index (χ3v) is 4.61. The van der Waals surface area contributed by atoms with Crippen molar-refractivity contribution in [2.45, 2.75) is 25.6 Å². The van der Waals surface area contributed by atoms with E-state index in [1.54, 1.807) is 6.92 Å². The second-order valence-electron chi connectivity index (χ2n) is 6.80. The monoisotopic (exact) mass is 387 g/mol. The maximum atomic E-state index is 12.5. The maximum Gasteiger partial charge on any atom is 0.321 e. The molecular formula is C24H25N3O2. The topological polar surface area (TPSA) is 70.2 Å². The number of carbonyl (C=O) groups is 2. The molecule has 0 fully saturated rings. The lowest BCUT2D eigenvalue weighted by Gasteiger charge is -2.24. The van der Waals surface area contributed by atoms with Crippen molar-refractivity contribution in [3.05, 3.63) is 108 Å². The highest BCUT2D eigenvalue weighted by molar-refractivity contribution is 5.96. The van der Waals surface area contributed by atoms with Crippen LogP contribution in [0.5, 0.6) is 0 Å². The number of carbonyl (C=O) groups excluding carboxylic acids is 2. The van der Waals surface area contributed by atoms with Crippen LogP contribution in [0.3, 0.4) is 0 Å². The quantitative estimate of drug-likeness (QED) is 0.578. The van der Waals surface area contributed by atoms with Crippen molar-refractivity contribution in [3.8, 4) is 0 Å². The molecule has 5 nitrogen and oxygen atoms in total. The SMILES string of the molecule is C[C@H](NC(c1ccccc1)c1ccccc1)C(=O)NC(=O)NCc1ccccc1. The highest BCUT2D eigenvalue weighted by atomic mass is 16.2. The van der Waals surface area contributed by atoms with Crippen LogP contribution >= 0.6 is 0 Å². The van der Waals surface area contributed by atoms with E-state index in [1.165, 1.54) is 0 Å². The number of rotatable bonds is 7. The minimum Gasteiger partial charge on any atom is -0.334 e. The minimum atomic E-state index is -0.567. The molecule has 148 valence electrons. The van der Waals surface area contributed by atoms with Crippen molar-refractivity contribution in [1.82, 2.24) is 16.0 Å². The van der Waals surface area contributed by atoms with Gasteiger partial charge >= 0.3 is 6.03 Å². The molecule has 0 aliphatic rings. The first-order valence-electron chi connectivity index (χ1n) is 9.62. The van der Waals surface area contributed by atoms with Gasteiger partial charge in [0.2, 0.25) is 5.91 Å². The number of nitrogens with one attached hydrogen (secondary N) is 3. The second-order valence-corrected chi connectivity index (χ2v) is 6.80. The van der Waals surface area contributed by atoms with Crippen LogP contribution in [0.4, 0.5) is 4.79 Å². The Morgan fingerprint density at radius 3 is 1.76 bits per heavy atom. The van der Waals surface area contributed by atoms with E-state index in [-0.39, 0.29) is 11.9 Å². The molecule has 0 aliphatic carbocycles. The molecule has 0 aliphatic heterocycles. The highest BCUT2D eigenvalue weighted by Gasteiger charge is 2.21. The predicted octanol–water partition coefficient (Wildman–Crippen LogP) is 3.78. The lowest BCUT2D eigenvalue weighted by molar-refractivity contribution is -0.121. The number of amides is 3. The van der Waals surface area contributed by atoms with Crippen LogP contribution in [0.15, 0.2) is 91.0 Å². The molecule has 3 N–H and O–H groups in total. The Kier molecular flexibility index (Phi) is 7.14. The fraction of sp³-hybridized carbons (Fsp3) is 0.167. The summed E-state index contributed by atoms with van der Waals surface area (Å²) in [5.41, 5.74) is 3.06. The summed E-state index contributed by atoms with van der Waals surface area (Å²) in [7, 11) is 0. The summed E-state index contributed by atoms with van der Waals surface area (Å²) in [5, 5.41) is 8.45. The van der Waals surface area contributed by atoms with E-state index in [2.05, 4.69) is 16.0 Å². The molecule has 3 aromatic carbocycles. The summed E-state index contributed by atoms with van der Waals surface area (Å²) in [6.45, 7) is 2.11. The van der Waals surface area contributed by atoms with E-state index in [0.717, 1.165) is 16.7 Å². The summed E-state index contributed by atoms with van der Waals surface area (Å²) < 4.78 is 0. The van der Waals surface area contributed by atoms with Gasteiger partial charge in [0.05, 0.1) is 12.1 Å². The van der Waals surface area contributed by atoms with Crippen molar-refractivity contribution in [2.24, 2.45) is 0 Å². The number of benzene rings is 3. The van der Waals surface area contributed by atoms with E-state index < -0.39 is 12.1 Å². The lowest BCUT2D eigenvalue weighted by atomic mass is 9.98. The van der Waals surface area contributed by atoms with Crippen LogP contribution in [0.2, 0.25) is 0 Å². The first-order valence-corrected chi connectivity index (χ1v) is 9.62. The molecule has 0 aromatic heterocycles. The molecule has 0 saturated carbocycles. The number of imide groups is 1. The van der Waals surface area contributed by atoms with E-state index in [9.17, 15) is 9.59 Å². The van der Waals surface area contributed by atoms with Gasteiger partial charge in [-0.3, -0.25) is 15.4 Å². The fourth-order valence-electron chi connectivity index (χ4n) is 3.04.